The predicted molar refractivity (Wildman–Crippen MR) is 312 cm³/mol. The van der Waals surface area contributed by atoms with Gasteiger partial charge < -0.3 is 68.3 Å². The molecule has 1 rings (SSSR count). The SMILES string of the molecule is CCCCCC[C@@H](C)C[C@H](NC(=O)C(C)(C)NC(=O)C(C)(C)NC(=O)[C@H](CCCCO)NC(=O)[C@@H]1CCCN1C(=O)CCC)C(=O)N[C@@H](CC(C)C)C(=O)NC(C)(C)C(=O)N[C@@H](CC(C)C)C(=O)NCCC(=O)N[C@@H](C)CNCCO. The molecule has 0 aromatic rings. The summed E-state index contributed by atoms with van der Waals surface area (Å²) in [6, 6.07) is -5.43. The molecule has 23 heteroatoms. The summed E-state index contributed by atoms with van der Waals surface area (Å²) >= 11 is 0. The summed E-state index contributed by atoms with van der Waals surface area (Å²) in [6.45, 7) is 25.1. The summed E-state index contributed by atoms with van der Waals surface area (Å²) in [4.78, 5) is 139. The fraction of sp³-hybridized carbons (Fsp3) is 0.828. The Morgan fingerprint density at radius 1 is 0.531 bits per heavy atom. The first kappa shape index (κ1) is 73.6. The Balaban J connectivity index is 3.32. The van der Waals surface area contributed by atoms with Gasteiger partial charge in [0, 0.05) is 51.7 Å². The molecule has 81 heavy (non-hydrogen) atoms. The van der Waals surface area contributed by atoms with Crippen molar-refractivity contribution in [3.05, 3.63) is 0 Å². The van der Waals surface area contributed by atoms with Gasteiger partial charge in [0.2, 0.25) is 59.1 Å². The van der Waals surface area contributed by atoms with Gasteiger partial charge in [-0.3, -0.25) is 47.9 Å². The van der Waals surface area contributed by atoms with Crippen LogP contribution in [-0.4, -0.2) is 166 Å². The van der Waals surface area contributed by atoms with E-state index in [4.69, 9.17) is 5.11 Å². The minimum atomic E-state index is -1.67. The van der Waals surface area contributed by atoms with Crippen molar-refractivity contribution in [3.63, 3.8) is 0 Å². The monoisotopic (exact) mass is 1150 g/mol. The van der Waals surface area contributed by atoms with Crippen LogP contribution in [0.1, 0.15) is 200 Å². The van der Waals surface area contributed by atoms with E-state index in [1.54, 1.807) is 0 Å². The Morgan fingerprint density at radius 3 is 1.63 bits per heavy atom. The Kier molecular flexibility index (Phi) is 33.5. The second kappa shape index (κ2) is 36.9. The molecule has 0 aliphatic carbocycles. The topological polar surface area (TPSA) is 335 Å². The number of nitrogens with zero attached hydrogens (tertiary/aromatic N) is 1. The summed E-state index contributed by atoms with van der Waals surface area (Å²) in [7, 11) is 0. The summed E-state index contributed by atoms with van der Waals surface area (Å²) in [5.74, 6) is -5.81. The summed E-state index contributed by atoms with van der Waals surface area (Å²) in [5.41, 5.74) is -4.90. The van der Waals surface area contributed by atoms with Crippen molar-refractivity contribution in [1.29, 1.82) is 0 Å². The quantitative estimate of drug-likeness (QED) is 0.0393. The number of hydrogen-bond donors (Lipinski definition) is 12. The lowest BCUT2D eigenvalue weighted by molar-refractivity contribution is -0.141. The molecule has 1 fully saturated rings. The molecule has 1 saturated heterocycles. The fourth-order valence-electron chi connectivity index (χ4n) is 9.34. The van der Waals surface area contributed by atoms with Crippen LogP contribution in [0, 0.1) is 17.8 Å². The van der Waals surface area contributed by atoms with Crippen LogP contribution < -0.4 is 53.2 Å². The van der Waals surface area contributed by atoms with Gasteiger partial charge in [0.1, 0.15) is 46.8 Å². The Morgan fingerprint density at radius 2 is 1.07 bits per heavy atom. The molecule has 466 valence electrons. The summed E-state index contributed by atoms with van der Waals surface area (Å²) in [5, 5.41) is 46.4. The Bertz CT molecular complexity index is 2030. The number of hydrogen-bond acceptors (Lipinski definition) is 13. The van der Waals surface area contributed by atoms with Crippen LogP contribution in [0.4, 0.5) is 0 Å². The molecule has 0 spiro atoms. The highest BCUT2D eigenvalue weighted by atomic mass is 16.3. The third kappa shape index (κ3) is 27.9. The maximum atomic E-state index is 14.5. The first-order valence-electron chi connectivity index (χ1n) is 29.8. The van der Waals surface area contributed by atoms with Gasteiger partial charge in [-0.05, 0) is 124 Å². The first-order valence-corrected chi connectivity index (χ1v) is 29.8. The molecule has 0 bridgehead atoms. The second-order valence-electron chi connectivity index (χ2n) is 24.6. The number of rotatable bonds is 40. The maximum Gasteiger partial charge on any atom is 0.246 e. The van der Waals surface area contributed by atoms with Crippen molar-refractivity contribution < 1.29 is 58.2 Å². The van der Waals surface area contributed by atoms with Crippen LogP contribution in [-0.2, 0) is 47.9 Å². The molecular weight excluding hydrogens is 1040 g/mol. The Labute approximate surface area is 483 Å². The lowest BCUT2D eigenvalue weighted by Crippen LogP contribution is -2.66. The van der Waals surface area contributed by atoms with Gasteiger partial charge in [-0.1, -0.05) is 80.6 Å². The molecule has 0 aromatic carbocycles. The molecule has 0 unspecified atom stereocenters. The minimum Gasteiger partial charge on any atom is -0.396 e. The molecule has 7 atom stereocenters. The fourth-order valence-corrected chi connectivity index (χ4v) is 9.34. The zero-order chi connectivity index (χ0) is 61.7. The van der Waals surface area contributed by atoms with E-state index in [1.807, 2.05) is 48.5 Å². The van der Waals surface area contributed by atoms with Gasteiger partial charge in [0.05, 0.1) is 6.61 Å². The maximum absolute atomic E-state index is 14.5. The van der Waals surface area contributed by atoms with Crippen molar-refractivity contribution >= 4 is 59.1 Å². The number of nitrogens with one attached hydrogen (secondary N) is 10. The van der Waals surface area contributed by atoms with Crippen LogP contribution in [0.2, 0.25) is 0 Å². The van der Waals surface area contributed by atoms with E-state index in [0.717, 1.165) is 32.1 Å². The molecule has 23 nitrogen and oxygen atoms in total. The van der Waals surface area contributed by atoms with Gasteiger partial charge in [-0.15, -0.1) is 0 Å². The number of carbonyl (C=O) groups excluding carboxylic acids is 10. The number of aliphatic hydroxyl groups excluding tert-OH is 2. The van der Waals surface area contributed by atoms with Crippen LogP contribution in [0.25, 0.3) is 0 Å². The minimum absolute atomic E-state index is 0.00832. The molecule has 10 amide bonds. The summed E-state index contributed by atoms with van der Waals surface area (Å²) < 4.78 is 0. The predicted octanol–water partition coefficient (Wildman–Crippen LogP) is 2.25. The van der Waals surface area contributed by atoms with Crippen molar-refractivity contribution in [2.75, 3.05) is 39.4 Å². The van der Waals surface area contributed by atoms with Gasteiger partial charge in [-0.2, -0.15) is 0 Å². The average molecular weight is 1150 g/mol. The number of amides is 10. The molecule has 0 saturated carbocycles. The van der Waals surface area contributed by atoms with Crippen LogP contribution in [0.3, 0.4) is 0 Å². The highest BCUT2D eigenvalue weighted by molar-refractivity contribution is 6.00. The molecule has 0 aromatic heterocycles. The van der Waals surface area contributed by atoms with Crippen molar-refractivity contribution in [1.82, 2.24) is 58.1 Å². The van der Waals surface area contributed by atoms with E-state index in [1.165, 1.54) is 46.4 Å². The Hall–Kier alpha value is -5.42. The van der Waals surface area contributed by atoms with E-state index in [9.17, 15) is 53.1 Å². The van der Waals surface area contributed by atoms with Crippen molar-refractivity contribution in [2.45, 2.75) is 253 Å². The third-order valence-corrected chi connectivity index (χ3v) is 14.2. The van der Waals surface area contributed by atoms with Gasteiger partial charge in [0.15, 0.2) is 0 Å². The normalized spacial score (nSPS) is 16.0. The lowest BCUT2D eigenvalue weighted by Gasteiger charge is -2.34. The van der Waals surface area contributed by atoms with Crippen LogP contribution in [0.5, 0.6) is 0 Å². The number of likely N-dealkylation sites (tertiary alicyclic amines) is 1. The lowest BCUT2D eigenvalue weighted by atomic mass is 9.93. The van der Waals surface area contributed by atoms with E-state index < -0.39 is 94.1 Å². The number of carbonyl (C=O) groups is 10. The molecule has 1 aliphatic heterocycles. The smallest absolute Gasteiger partial charge is 0.246 e. The van der Waals surface area contributed by atoms with Crippen LogP contribution in [0.15, 0.2) is 0 Å². The molecule has 1 heterocycles. The van der Waals surface area contributed by atoms with Crippen molar-refractivity contribution in [2.24, 2.45) is 17.8 Å². The van der Waals surface area contributed by atoms with Gasteiger partial charge >= 0.3 is 0 Å². The van der Waals surface area contributed by atoms with Gasteiger partial charge in [-0.25, -0.2) is 0 Å². The molecule has 12 N–H and O–H groups in total. The highest BCUT2D eigenvalue weighted by Gasteiger charge is 2.42. The van der Waals surface area contributed by atoms with E-state index in [2.05, 4.69) is 60.1 Å². The number of unbranched alkanes of at least 4 members (excludes halogenated alkanes) is 4. The van der Waals surface area contributed by atoms with Crippen LogP contribution >= 0.6 is 0 Å². The third-order valence-electron chi connectivity index (χ3n) is 14.2. The highest BCUT2D eigenvalue weighted by Crippen LogP contribution is 2.21. The zero-order valence-electron chi connectivity index (χ0n) is 51.7. The van der Waals surface area contributed by atoms with Gasteiger partial charge in [0.25, 0.3) is 0 Å². The zero-order valence-corrected chi connectivity index (χ0v) is 51.7. The molecule has 0 radical (unpaired) electrons. The first-order chi connectivity index (χ1) is 37.8. The number of aliphatic hydroxyl groups is 2. The van der Waals surface area contributed by atoms with E-state index in [-0.39, 0.29) is 87.5 Å². The second-order valence-corrected chi connectivity index (χ2v) is 24.6. The molecule has 1 aliphatic rings. The standard InChI is InChI=1S/C58H107N11O12/c1-15-17-18-19-24-39(7)35-44(65-54(80)57(11,12)68-55(81)58(13,14)66-50(76)41(25-20-21-31-70)62-52(78)45-26-22-30-69(45)47(73)23-16-2)49(75)63-43(34-38(5)6)51(77)67-56(9,10)53(79)64-42(33-37(3)4)48(74)60-28-27-46(72)61-40(8)36-59-29-32-71/h37-45,59,70-71H,15-36H2,1-14H3,(H,60,74)(H,61,72)(H,62,78)(H,63,75)(H,64,79)(H,65,80)(H,66,76)(H,67,77)(H,68,81)/t39-,40+,41+,42+,43+,44+,45+/m1/s1. The average Bonchev–Trinajstić information content (AvgIpc) is 3.95. The molecular formula is C58H107N11O12. The van der Waals surface area contributed by atoms with E-state index >= 15 is 0 Å². The largest absolute Gasteiger partial charge is 0.396 e. The van der Waals surface area contributed by atoms with E-state index in [0.29, 0.717) is 58.2 Å². The summed E-state index contributed by atoms with van der Waals surface area (Å²) in [6.07, 6.45) is 8.12. The van der Waals surface area contributed by atoms with Crippen molar-refractivity contribution in [3.8, 4) is 0 Å².